The number of aromatic nitrogens is 1. The molecule has 0 radical (unpaired) electrons. The van der Waals surface area contributed by atoms with Gasteiger partial charge in [-0.1, -0.05) is 35.9 Å². The molecule has 0 spiro atoms. The fourth-order valence-electron chi connectivity index (χ4n) is 4.04. The number of amides is 1. The van der Waals surface area contributed by atoms with Crippen LogP contribution in [0.15, 0.2) is 79.0 Å². The molecule has 0 aliphatic carbocycles. The summed E-state index contributed by atoms with van der Waals surface area (Å²) in [4.78, 5) is 16.6. The Morgan fingerprint density at radius 2 is 1.85 bits per heavy atom. The van der Waals surface area contributed by atoms with E-state index in [-0.39, 0.29) is 30.5 Å². The third kappa shape index (κ3) is 7.77. The van der Waals surface area contributed by atoms with E-state index < -0.39 is 22.0 Å². The van der Waals surface area contributed by atoms with E-state index in [9.17, 15) is 23.4 Å². The van der Waals surface area contributed by atoms with Crippen LogP contribution in [0.25, 0.3) is 10.9 Å². The molecule has 9 nitrogen and oxygen atoms in total. The van der Waals surface area contributed by atoms with Crippen molar-refractivity contribution in [3.05, 3.63) is 101 Å². The van der Waals surface area contributed by atoms with Crippen LogP contribution in [-0.4, -0.2) is 54.5 Å². The number of nitrogens with zero attached hydrogens (tertiary/aromatic N) is 1. The highest BCUT2D eigenvalue weighted by atomic mass is 35.5. The molecule has 4 rings (SSSR count). The van der Waals surface area contributed by atoms with Gasteiger partial charge in [-0.2, -0.15) is 0 Å². The lowest BCUT2D eigenvalue weighted by Gasteiger charge is -2.19. The first-order chi connectivity index (χ1) is 19.2. The van der Waals surface area contributed by atoms with Crippen molar-refractivity contribution in [2.24, 2.45) is 0 Å². The average Bonchev–Trinajstić information content (AvgIpc) is 2.95. The summed E-state index contributed by atoms with van der Waals surface area (Å²) in [5.41, 5.74) is 2.32. The lowest BCUT2D eigenvalue weighted by atomic mass is 10.0. The van der Waals surface area contributed by atoms with Gasteiger partial charge in [-0.05, 0) is 73.0 Å². The second-order valence-electron chi connectivity index (χ2n) is 9.18. The van der Waals surface area contributed by atoms with Crippen LogP contribution in [0.3, 0.4) is 0 Å². The molecule has 4 aromatic rings. The molecule has 1 heterocycles. The number of rotatable bonds is 12. The number of benzene rings is 3. The van der Waals surface area contributed by atoms with Gasteiger partial charge in [0.1, 0.15) is 11.5 Å². The molecular weight excluding hydrogens is 554 g/mol. The molecule has 2 atom stereocenters. The normalized spacial score (nSPS) is 13.1. The van der Waals surface area contributed by atoms with E-state index in [0.29, 0.717) is 39.4 Å². The Hall–Kier alpha value is -3.54. The molecule has 0 saturated carbocycles. The molecule has 0 unspecified atom stereocenters. The number of aliphatic hydroxyl groups is 2. The molecule has 0 fully saturated rings. The predicted molar refractivity (Wildman–Crippen MR) is 154 cm³/mol. The molecule has 210 valence electrons. The van der Waals surface area contributed by atoms with Gasteiger partial charge < -0.3 is 20.3 Å². The average molecular weight is 584 g/mol. The van der Waals surface area contributed by atoms with Gasteiger partial charge in [0.15, 0.2) is 0 Å². The maximum atomic E-state index is 12.3. The molecule has 0 saturated heterocycles. The lowest BCUT2D eigenvalue weighted by Crippen LogP contribution is -2.37. The van der Waals surface area contributed by atoms with Crippen LogP contribution in [0.4, 0.5) is 0 Å². The minimum atomic E-state index is -3.68. The zero-order chi connectivity index (χ0) is 28.7. The molecule has 0 aliphatic rings. The first-order valence-electron chi connectivity index (χ1n) is 12.7. The summed E-state index contributed by atoms with van der Waals surface area (Å²) in [7, 11) is -3.68. The quantitative estimate of drug-likeness (QED) is 0.196. The Labute approximate surface area is 237 Å². The maximum Gasteiger partial charge on any atom is 0.264 e. The number of hydrogen-bond acceptors (Lipinski definition) is 8. The zero-order valence-electron chi connectivity index (χ0n) is 21.7. The molecule has 11 heteroatoms. The van der Waals surface area contributed by atoms with Crippen molar-refractivity contribution in [3.63, 3.8) is 0 Å². The number of aliphatic hydroxyl groups excluding tert-OH is 2. The Kier molecular flexibility index (Phi) is 9.72. The van der Waals surface area contributed by atoms with Gasteiger partial charge >= 0.3 is 0 Å². The van der Waals surface area contributed by atoms with Crippen molar-refractivity contribution in [2.45, 2.75) is 25.5 Å². The highest BCUT2D eigenvalue weighted by molar-refractivity contribution is 7.90. The summed E-state index contributed by atoms with van der Waals surface area (Å²) in [5, 5.41) is 24.7. The third-order valence-corrected chi connectivity index (χ3v) is 7.77. The molecule has 3 aromatic carbocycles. The fraction of sp³-hybridized carbons (Fsp3) is 0.241. The van der Waals surface area contributed by atoms with Gasteiger partial charge in [0.25, 0.3) is 5.91 Å². The maximum absolute atomic E-state index is 12.3. The monoisotopic (exact) mass is 583 g/mol. The van der Waals surface area contributed by atoms with Gasteiger partial charge in [-0.25, -0.2) is 13.1 Å². The minimum Gasteiger partial charge on any atom is -0.457 e. The number of carbonyl (C=O) groups excluding carboxylic acids is 1. The number of fused-ring (bicyclic) bond motifs is 1. The van der Waals surface area contributed by atoms with E-state index >= 15 is 0 Å². The number of hydrogen-bond donors (Lipinski definition) is 4. The van der Waals surface area contributed by atoms with Crippen molar-refractivity contribution in [2.75, 3.05) is 18.9 Å². The van der Waals surface area contributed by atoms with E-state index in [1.54, 1.807) is 42.6 Å². The first-order valence-corrected chi connectivity index (χ1v) is 14.7. The summed E-state index contributed by atoms with van der Waals surface area (Å²) in [6.07, 6.45) is 1.33. The predicted octanol–water partition coefficient (Wildman–Crippen LogP) is 3.99. The van der Waals surface area contributed by atoms with E-state index in [0.717, 1.165) is 5.56 Å². The van der Waals surface area contributed by atoms with Crippen LogP contribution in [0, 0.1) is 0 Å². The molecule has 0 bridgehead atoms. The van der Waals surface area contributed by atoms with Crippen molar-refractivity contribution in [1.29, 1.82) is 0 Å². The van der Waals surface area contributed by atoms with Crippen molar-refractivity contribution in [3.8, 4) is 11.5 Å². The number of halogens is 1. The van der Waals surface area contributed by atoms with Crippen molar-refractivity contribution in [1.82, 2.24) is 15.0 Å². The Bertz CT molecular complexity index is 1580. The van der Waals surface area contributed by atoms with Crippen LogP contribution in [0.5, 0.6) is 11.5 Å². The summed E-state index contributed by atoms with van der Waals surface area (Å²) >= 11 is 6.00. The van der Waals surface area contributed by atoms with Crippen LogP contribution in [-0.2, 0) is 16.4 Å². The van der Waals surface area contributed by atoms with Gasteiger partial charge in [-0.15, -0.1) is 0 Å². The molecule has 1 amide bonds. The Balaban J connectivity index is 1.39. The summed E-state index contributed by atoms with van der Waals surface area (Å²) in [5.74, 6) is 0.181. The highest BCUT2D eigenvalue weighted by Crippen LogP contribution is 2.29. The van der Waals surface area contributed by atoms with Crippen LogP contribution in [0.2, 0.25) is 5.02 Å². The van der Waals surface area contributed by atoms with Crippen LogP contribution < -0.4 is 14.8 Å². The molecule has 0 aliphatic heterocycles. The number of pyridine rings is 1. The van der Waals surface area contributed by atoms with E-state index in [1.807, 2.05) is 29.0 Å². The summed E-state index contributed by atoms with van der Waals surface area (Å²) < 4.78 is 31.6. The van der Waals surface area contributed by atoms with Gasteiger partial charge in [0.2, 0.25) is 10.0 Å². The number of carbonyl (C=O) groups is 1. The van der Waals surface area contributed by atoms with Crippen molar-refractivity contribution >= 4 is 38.4 Å². The first kappa shape index (κ1) is 29.4. The van der Waals surface area contributed by atoms with Crippen molar-refractivity contribution < 1.29 is 28.2 Å². The van der Waals surface area contributed by atoms with E-state index in [4.69, 9.17) is 16.3 Å². The van der Waals surface area contributed by atoms with E-state index in [1.165, 1.54) is 19.1 Å². The largest absolute Gasteiger partial charge is 0.457 e. The van der Waals surface area contributed by atoms with E-state index in [2.05, 4.69) is 10.3 Å². The van der Waals surface area contributed by atoms with Crippen LogP contribution >= 0.6 is 11.6 Å². The van der Waals surface area contributed by atoms with Crippen LogP contribution in [0.1, 0.15) is 34.5 Å². The topological polar surface area (TPSA) is 138 Å². The lowest BCUT2D eigenvalue weighted by molar-refractivity contribution is 0.0981. The summed E-state index contributed by atoms with van der Waals surface area (Å²) in [6.45, 7) is 1.61. The SMILES string of the molecule is CCS(=O)(=O)NC(=O)c1ccc2c(Oc3ccc(C[C@@H](CO)NC[C@@H](O)c4cccc(Cl)c4)cc3)ccnc2c1. The number of ether oxygens (including phenoxy) is 1. The third-order valence-electron chi connectivity index (χ3n) is 6.28. The molecule has 1 aromatic heterocycles. The highest BCUT2D eigenvalue weighted by Gasteiger charge is 2.16. The number of sulfonamides is 1. The zero-order valence-corrected chi connectivity index (χ0v) is 23.3. The summed E-state index contributed by atoms with van der Waals surface area (Å²) in [6, 6.07) is 20.6. The standard InChI is InChI=1S/C29H30ClN3O6S/c1-2-40(37,38)33-29(36)21-8-11-25-26(16-21)31-13-12-28(25)39-24-9-6-19(7-10-24)14-23(18-34)32-17-27(35)20-4-3-5-22(30)15-20/h3-13,15-16,23,27,32,34-35H,2,14,17-18H2,1H3,(H,33,36)/t23-,27+/m0/s1. The second kappa shape index (κ2) is 13.2. The molecule has 4 N–H and O–H groups in total. The molecule has 40 heavy (non-hydrogen) atoms. The van der Waals surface area contributed by atoms with Gasteiger partial charge in [0.05, 0.1) is 24.0 Å². The Morgan fingerprint density at radius 1 is 1.07 bits per heavy atom. The smallest absolute Gasteiger partial charge is 0.264 e. The van der Waals surface area contributed by atoms with Gasteiger partial charge in [0, 0.05) is 34.8 Å². The minimum absolute atomic E-state index is 0.103. The fourth-order valence-corrected chi connectivity index (χ4v) is 4.78. The second-order valence-corrected chi connectivity index (χ2v) is 11.6. The Morgan fingerprint density at radius 3 is 2.55 bits per heavy atom. The van der Waals surface area contributed by atoms with Gasteiger partial charge in [-0.3, -0.25) is 9.78 Å². The number of nitrogens with one attached hydrogen (secondary N) is 2. The molecular formula is C29H30ClN3O6S.